The van der Waals surface area contributed by atoms with Gasteiger partial charge in [0.1, 0.15) is 23.3 Å². The molecule has 0 unspecified atom stereocenters. The summed E-state index contributed by atoms with van der Waals surface area (Å²) in [7, 11) is 3.06. The molecule has 2 heterocycles. The molecule has 1 atom stereocenters. The van der Waals surface area contributed by atoms with Gasteiger partial charge in [0.05, 0.1) is 40.2 Å². The van der Waals surface area contributed by atoms with Crippen molar-refractivity contribution in [2.24, 2.45) is 4.99 Å². The molecule has 0 aliphatic carbocycles. The number of aromatic hydroxyl groups is 1. The van der Waals surface area contributed by atoms with Crippen molar-refractivity contribution < 1.29 is 24.1 Å². The van der Waals surface area contributed by atoms with Gasteiger partial charge in [-0.15, -0.1) is 0 Å². The molecule has 11 heteroatoms. The van der Waals surface area contributed by atoms with E-state index in [0.717, 1.165) is 4.47 Å². The summed E-state index contributed by atoms with van der Waals surface area (Å²) in [5.74, 6) is 0.530. The Morgan fingerprint density at radius 3 is 2.69 bits per heavy atom. The molecule has 0 saturated heterocycles. The van der Waals surface area contributed by atoms with Crippen LogP contribution in [0.2, 0.25) is 0 Å². The number of benzene rings is 2. The van der Waals surface area contributed by atoms with Gasteiger partial charge < -0.3 is 19.3 Å². The monoisotopic (exact) mass is 684 g/mol. The van der Waals surface area contributed by atoms with Gasteiger partial charge in [-0.25, -0.2) is 9.79 Å². The fourth-order valence-electron chi connectivity index (χ4n) is 3.97. The molecule has 3 aromatic rings. The molecule has 2 aromatic carbocycles. The van der Waals surface area contributed by atoms with Crippen molar-refractivity contribution in [2.45, 2.75) is 19.9 Å². The summed E-state index contributed by atoms with van der Waals surface area (Å²) in [6, 6.07) is 7.88. The van der Waals surface area contributed by atoms with Crippen molar-refractivity contribution in [3.63, 3.8) is 0 Å². The number of fused-ring (bicyclic) bond motifs is 1. The van der Waals surface area contributed by atoms with Gasteiger partial charge in [-0.2, -0.15) is 0 Å². The molecule has 0 fully saturated rings. The van der Waals surface area contributed by atoms with E-state index in [2.05, 4.69) is 20.9 Å². The van der Waals surface area contributed by atoms with Gasteiger partial charge >= 0.3 is 5.97 Å². The first-order valence-electron chi connectivity index (χ1n) is 10.8. The number of hydrogen-bond donors (Lipinski definition) is 1. The Morgan fingerprint density at radius 2 is 2.03 bits per heavy atom. The molecule has 36 heavy (non-hydrogen) atoms. The van der Waals surface area contributed by atoms with Crippen LogP contribution in [0.5, 0.6) is 17.2 Å². The third-order valence-corrected chi connectivity index (χ3v) is 7.86. The number of ether oxygens (including phenoxy) is 3. The Labute approximate surface area is 232 Å². The number of nitrogens with zero attached hydrogens (tertiary/aromatic N) is 2. The predicted octanol–water partition coefficient (Wildman–Crippen LogP) is 3.89. The minimum Gasteiger partial charge on any atom is -0.506 e. The van der Waals surface area contributed by atoms with Crippen molar-refractivity contribution >= 4 is 61.9 Å². The van der Waals surface area contributed by atoms with Gasteiger partial charge in [-0.05, 0) is 66.8 Å². The summed E-state index contributed by atoms with van der Waals surface area (Å²) >= 11 is 6.64. The van der Waals surface area contributed by atoms with Crippen LogP contribution in [0, 0.1) is 3.57 Å². The highest BCUT2D eigenvalue weighted by atomic mass is 127. The van der Waals surface area contributed by atoms with Crippen molar-refractivity contribution in [1.82, 2.24) is 4.57 Å². The standard InChI is InChI=1S/C25H22BrIN2O6S/c1-5-35-24(32)20-12(2)28-25-29(21(20)16-7-6-15(33-3)11-18(16)34-4)23(31)19(36-25)9-13-8-14(26)10-17(27)22(13)30/h6-11,21,30H,5H2,1-4H3/b19-9-/t21-/m1/s1. The molecule has 0 amide bonds. The third kappa shape index (κ3) is 4.83. The van der Waals surface area contributed by atoms with Crippen molar-refractivity contribution in [3.8, 4) is 17.2 Å². The van der Waals surface area contributed by atoms with Gasteiger partial charge in [0.25, 0.3) is 5.56 Å². The number of allylic oxidation sites excluding steroid dienone is 1. The number of rotatable bonds is 6. The van der Waals surface area contributed by atoms with Crippen LogP contribution in [0.15, 0.2) is 55.9 Å². The highest BCUT2D eigenvalue weighted by Gasteiger charge is 2.35. The maximum atomic E-state index is 13.8. The van der Waals surface area contributed by atoms with Crippen LogP contribution >= 0.6 is 49.9 Å². The molecule has 1 aliphatic rings. The molecule has 0 spiro atoms. The number of halogens is 2. The topological polar surface area (TPSA) is 99.4 Å². The maximum Gasteiger partial charge on any atom is 0.338 e. The van der Waals surface area contributed by atoms with E-state index >= 15 is 0 Å². The van der Waals surface area contributed by atoms with E-state index in [9.17, 15) is 14.7 Å². The summed E-state index contributed by atoms with van der Waals surface area (Å²) in [6.45, 7) is 3.61. The van der Waals surface area contributed by atoms with Crippen LogP contribution in [-0.2, 0) is 9.53 Å². The second-order valence-electron chi connectivity index (χ2n) is 7.74. The summed E-state index contributed by atoms with van der Waals surface area (Å²) in [5, 5.41) is 10.6. The maximum absolute atomic E-state index is 13.8. The number of phenolic OH excluding ortho intramolecular Hbond substituents is 1. The zero-order valence-electron chi connectivity index (χ0n) is 19.8. The first kappa shape index (κ1) is 26.4. The molecule has 1 aliphatic heterocycles. The third-order valence-electron chi connectivity index (χ3n) is 5.60. The minimum absolute atomic E-state index is 0.0707. The zero-order chi connectivity index (χ0) is 26.1. The van der Waals surface area contributed by atoms with E-state index < -0.39 is 12.0 Å². The smallest absolute Gasteiger partial charge is 0.338 e. The summed E-state index contributed by atoms with van der Waals surface area (Å²) < 4.78 is 19.5. The number of aromatic nitrogens is 1. The SMILES string of the molecule is CCOC(=O)C1=C(C)N=c2s/c(=C\c3cc(Br)cc(I)c3O)c(=O)n2[C@@H]1c1ccc(OC)cc1OC. The number of thiazole rings is 1. The lowest BCUT2D eigenvalue weighted by atomic mass is 9.95. The van der Waals surface area contributed by atoms with E-state index in [-0.39, 0.29) is 23.5 Å². The van der Waals surface area contributed by atoms with Gasteiger partial charge in [0.15, 0.2) is 4.80 Å². The lowest BCUT2D eigenvalue weighted by molar-refractivity contribution is -0.139. The van der Waals surface area contributed by atoms with Crippen LogP contribution in [0.25, 0.3) is 6.08 Å². The number of esters is 1. The van der Waals surface area contributed by atoms with E-state index in [1.54, 1.807) is 57.4 Å². The summed E-state index contributed by atoms with van der Waals surface area (Å²) in [5.41, 5.74) is 1.41. The number of hydrogen-bond acceptors (Lipinski definition) is 8. The first-order chi connectivity index (χ1) is 17.2. The summed E-state index contributed by atoms with van der Waals surface area (Å²) in [6.07, 6.45) is 1.62. The van der Waals surface area contributed by atoms with Gasteiger partial charge in [-0.1, -0.05) is 27.3 Å². The molecule has 4 rings (SSSR count). The fraction of sp³-hybridized carbons (Fsp3) is 0.240. The molecule has 188 valence electrons. The van der Waals surface area contributed by atoms with Crippen LogP contribution in [-0.4, -0.2) is 36.5 Å². The van der Waals surface area contributed by atoms with E-state index in [1.807, 2.05) is 22.6 Å². The van der Waals surface area contributed by atoms with E-state index in [1.165, 1.54) is 23.0 Å². The molecular formula is C25H22BrIN2O6S. The Balaban J connectivity index is 2.02. The number of methoxy groups -OCH3 is 2. The number of carbonyl (C=O) groups excluding carboxylic acids is 1. The van der Waals surface area contributed by atoms with E-state index in [4.69, 9.17) is 14.2 Å². The number of phenols is 1. The second-order valence-corrected chi connectivity index (χ2v) is 10.8. The van der Waals surface area contributed by atoms with Crippen molar-refractivity contribution in [2.75, 3.05) is 20.8 Å². The van der Waals surface area contributed by atoms with Gasteiger partial charge in [-0.3, -0.25) is 9.36 Å². The lowest BCUT2D eigenvalue weighted by Crippen LogP contribution is -2.40. The second kappa shape index (κ2) is 10.8. The highest BCUT2D eigenvalue weighted by Crippen LogP contribution is 2.37. The Bertz CT molecular complexity index is 1580. The normalized spacial score (nSPS) is 15.4. The molecular weight excluding hydrogens is 663 g/mol. The van der Waals surface area contributed by atoms with Gasteiger partial charge in [0.2, 0.25) is 0 Å². The molecule has 0 radical (unpaired) electrons. The molecule has 0 bridgehead atoms. The lowest BCUT2D eigenvalue weighted by Gasteiger charge is -2.26. The first-order valence-corrected chi connectivity index (χ1v) is 13.5. The predicted molar refractivity (Wildman–Crippen MR) is 148 cm³/mol. The molecule has 1 N–H and O–H groups in total. The average molecular weight is 685 g/mol. The van der Waals surface area contributed by atoms with E-state index in [0.29, 0.717) is 41.2 Å². The zero-order valence-corrected chi connectivity index (χ0v) is 24.4. The Morgan fingerprint density at radius 1 is 1.28 bits per heavy atom. The summed E-state index contributed by atoms with van der Waals surface area (Å²) in [4.78, 5) is 31.9. The quantitative estimate of drug-likeness (QED) is 0.313. The van der Waals surface area contributed by atoms with Crippen LogP contribution in [0.4, 0.5) is 0 Å². The molecule has 0 saturated carbocycles. The van der Waals surface area contributed by atoms with Crippen LogP contribution in [0.3, 0.4) is 0 Å². The Hall–Kier alpha value is -2.64. The van der Waals surface area contributed by atoms with Crippen LogP contribution in [0.1, 0.15) is 31.0 Å². The highest BCUT2D eigenvalue weighted by molar-refractivity contribution is 14.1. The largest absolute Gasteiger partial charge is 0.506 e. The fourth-order valence-corrected chi connectivity index (χ4v) is 6.56. The minimum atomic E-state index is -0.834. The Kier molecular flexibility index (Phi) is 7.90. The van der Waals surface area contributed by atoms with Crippen LogP contribution < -0.4 is 24.4 Å². The van der Waals surface area contributed by atoms with Crippen molar-refractivity contribution in [1.29, 1.82) is 0 Å². The van der Waals surface area contributed by atoms with Gasteiger partial charge in [0, 0.05) is 21.7 Å². The average Bonchev–Trinajstić information content (AvgIpc) is 3.15. The van der Waals surface area contributed by atoms with Crippen molar-refractivity contribution in [3.05, 3.63) is 80.5 Å². The number of carbonyl (C=O) groups is 1. The molecule has 8 nitrogen and oxygen atoms in total. The molecule has 1 aromatic heterocycles.